The second kappa shape index (κ2) is 8.92. The molecular weight excluding hydrogens is 478 g/mol. The molecule has 0 saturated carbocycles. The Hall–Kier alpha value is -3.29. The Kier molecular flexibility index (Phi) is 6.19. The fourth-order valence-electron chi connectivity index (χ4n) is 3.46. The van der Waals surface area contributed by atoms with Crippen LogP contribution in [0.2, 0.25) is 10.0 Å². The molecule has 0 unspecified atom stereocenters. The van der Waals surface area contributed by atoms with Gasteiger partial charge in [-0.15, -0.1) is 0 Å². The van der Waals surface area contributed by atoms with Crippen LogP contribution in [0.3, 0.4) is 0 Å². The molecule has 4 aromatic rings. The number of hydrogen-bond acceptors (Lipinski definition) is 3. The monoisotopic (exact) mass is 491 g/mol. The molecule has 4 rings (SSSR count). The predicted octanol–water partition coefficient (Wildman–Crippen LogP) is 6.97. The van der Waals surface area contributed by atoms with Crippen LogP contribution in [0.25, 0.3) is 22.1 Å². The molecule has 0 bridgehead atoms. The molecule has 1 aromatic heterocycles. The summed E-state index contributed by atoms with van der Waals surface area (Å²) in [5.74, 6) is -0.644. The quantitative estimate of drug-likeness (QED) is 0.313. The second-order valence-electron chi connectivity index (χ2n) is 7.17. The van der Waals surface area contributed by atoms with E-state index in [1.54, 1.807) is 36.4 Å². The summed E-state index contributed by atoms with van der Waals surface area (Å²) in [4.78, 5) is 25.6. The fraction of sp³-hybridized carbons (Fsp3) is 0.0833. The molecule has 0 aliphatic carbocycles. The molecule has 0 fully saturated rings. The van der Waals surface area contributed by atoms with E-state index in [-0.39, 0.29) is 28.3 Å². The van der Waals surface area contributed by atoms with Crippen LogP contribution in [0.5, 0.6) is 0 Å². The van der Waals surface area contributed by atoms with Gasteiger partial charge < -0.3 is 9.73 Å². The lowest BCUT2D eigenvalue weighted by atomic mass is 9.95. The van der Waals surface area contributed by atoms with E-state index >= 15 is 0 Å². The number of carbonyl (C=O) groups is 1. The van der Waals surface area contributed by atoms with Crippen molar-refractivity contribution in [1.82, 2.24) is 0 Å². The highest BCUT2D eigenvalue weighted by molar-refractivity contribution is 6.33. The molecule has 4 nitrogen and oxygen atoms in total. The van der Waals surface area contributed by atoms with Crippen molar-refractivity contribution in [3.05, 3.63) is 98.3 Å². The molecule has 1 heterocycles. The number of halogens is 5. The first kappa shape index (κ1) is 22.9. The van der Waals surface area contributed by atoms with Crippen LogP contribution in [0, 0.1) is 0 Å². The smallest absolute Gasteiger partial charge is 0.416 e. The molecule has 0 spiro atoms. The van der Waals surface area contributed by atoms with Crippen LogP contribution in [-0.2, 0) is 17.4 Å². The van der Waals surface area contributed by atoms with Gasteiger partial charge >= 0.3 is 11.8 Å². The molecular formula is C24H14Cl2F3NO3. The summed E-state index contributed by atoms with van der Waals surface area (Å²) in [6.07, 6.45) is -4.95. The maximum atomic E-state index is 12.9. The Morgan fingerprint density at radius 2 is 1.70 bits per heavy atom. The number of alkyl halides is 3. The number of fused-ring (bicyclic) bond motifs is 1. The van der Waals surface area contributed by atoms with Crippen molar-refractivity contribution in [3.63, 3.8) is 0 Å². The van der Waals surface area contributed by atoms with E-state index < -0.39 is 23.3 Å². The van der Waals surface area contributed by atoms with Crippen molar-refractivity contribution in [2.45, 2.75) is 12.6 Å². The molecule has 0 saturated heterocycles. The van der Waals surface area contributed by atoms with Crippen molar-refractivity contribution in [3.8, 4) is 11.1 Å². The first-order valence-corrected chi connectivity index (χ1v) is 10.4. The SMILES string of the molecule is O=C(Cc1c(-c2ccccc2)c2ccc(Cl)cc2oc1=O)Nc1ccc(C(F)(F)F)cc1Cl. The Morgan fingerprint density at radius 3 is 2.36 bits per heavy atom. The van der Waals surface area contributed by atoms with Crippen molar-refractivity contribution in [2.24, 2.45) is 0 Å². The molecule has 0 atom stereocenters. The van der Waals surface area contributed by atoms with E-state index in [0.717, 1.165) is 18.2 Å². The topological polar surface area (TPSA) is 59.3 Å². The lowest BCUT2D eigenvalue weighted by Crippen LogP contribution is -2.21. The number of benzene rings is 3. The maximum Gasteiger partial charge on any atom is 0.416 e. The summed E-state index contributed by atoms with van der Waals surface area (Å²) >= 11 is 12.0. The third-order valence-electron chi connectivity index (χ3n) is 4.93. The van der Waals surface area contributed by atoms with Gasteiger partial charge in [-0.3, -0.25) is 4.79 Å². The predicted molar refractivity (Wildman–Crippen MR) is 122 cm³/mol. The van der Waals surface area contributed by atoms with Crippen LogP contribution < -0.4 is 10.9 Å². The van der Waals surface area contributed by atoms with Gasteiger partial charge in [-0.2, -0.15) is 13.2 Å². The number of rotatable bonds is 4. The Balaban J connectivity index is 1.73. The standard InChI is InChI=1S/C24H14Cl2F3NO3/c25-15-7-8-16-20(11-15)33-23(32)17(22(16)13-4-2-1-3-5-13)12-21(31)30-19-9-6-14(10-18(19)26)24(27,28)29/h1-11H,12H2,(H,30,31). The summed E-state index contributed by atoms with van der Waals surface area (Å²) in [6.45, 7) is 0. The summed E-state index contributed by atoms with van der Waals surface area (Å²) in [5, 5.41) is 3.15. The molecule has 33 heavy (non-hydrogen) atoms. The van der Waals surface area contributed by atoms with E-state index in [1.165, 1.54) is 6.07 Å². The number of nitrogens with one attached hydrogen (secondary N) is 1. The van der Waals surface area contributed by atoms with Gasteiger partial charge in [0.1, 0.15) is 5.58 Å². The molecule has 9 heteroatoms. The molecule has 0 aliphatic heterocycles. The van der Waals surface area contributed by atoms with Gasteiger partial charge in [-0.1, -0.05) is 53.5 Å². The average molecular weight is 492 g/mol. The largest absolute Gasteiger partial charge is 0.422 e. The third-order valence-corrected chi connectivity index (χ3v) is 5.48. The first-order valence-electron chi connectivity index (χ1n) is 9.61. The average Bonchev–Trinajstić information content (AvgIpc) is 2.75. The van der Waals surface area contributed by atoms with Crippen LogP contribution >= 0.6 is 23.2 Å². The Morgan fingerprint density at radius 1 is 0.970 bits per heavy atom. The zero-order valence-corrected chi connectivity index (χ0v) is 18.2. The zero-order valence-electron chi connectivity index (χ0n) is 16.7. The number of anilines is 1. The fourth-order valence-corrected chi connectivity index (χ4v) is 3.85. The van der Waals surface area contributed by atoms with Crippen LogP contribution in [0.1, 0.15) is 11.1 Å². The molecule has 3 aromatic carbocycles. The normalized spacial score (nSPS) is 11.5. The van der Waals surface area contributed by atoms with E-state index in [9.17, 15) is 22.8 Å². The van der Waals surface area contributed by atoms with Crippen molar-refractivity contribution in [1.29, 1.82) is 0 Å². The van der Waals surface area contributed by atoms with Crippen molar-refractivity contribution >= 4 is 45.8 Å². The highest BCUT2D eigenvalue weighted by Crippen LogP contribution is 2.35. The third kappa shape index (κ3) is 4.89. The number of carbonyl (C=O) groups excluding carboxylic acids is 1. The Bertz CT molecular complexity index is 1420. The lowest BCUT2D eigenvalue weighted by Gasteiger charge is -2.13. The minimum absolute atomic E-state index is 0.00659. The molecule has 1 amide bonds. The lowest BCUT2D eigenvalue weighted by molar-refractivity contribution is -0.137. The van der Waals surface area contributed by atoms with Crippen molar-refractivity contribution in [2.75, 3.05) is 5.32 Å². The van der Waals surface area contributed by atoms with Crippen LogP contribution in [-0.4, -0.2) is 5.91 Å². The van der Waals surface area contributed by atoms with Gasteiger partial charge in [-0.25, -0.2) is 4.79 Å². The number of amides is 1. The highest BCUT2D eigenvalue weighted by Gasteiger charge is 2.31. The minimum atomic E-state index is -4.57. The van der Waals surface area contributed by atoms with Gasteiger partial charge in [0, 0.05) is 22.0 Å². The van der Waals surface area contributed by atoms with E-state index in [1.807, 2.05) is 6.07 Å². The summed E-state index contributed by atoms with van der Waals surface area (Å²) < 4.78 is 44.0. The van der Waals surface area contributed by atoms with E-state index in [4.69, 9.17) is 27.6 Å². The van der Waals surface area contributed by atoms with Crippen LogP contribution in [0.15, 0.2) is 75.9 Å². The van der Waals surface area contributed by atoms with Crippen molar-refractivity contribution < 1.29 is 22.4 Å². The first-order chi connectivity index (χ1) is 15.6. The van der Waals surface area contributed by atoms with E-state index in [0.29, 0.717) is 21.5 Å². The summed E-state index contributed by atoms with van der Waals surface area (Å²) in [5.41, 5.74) is -0.117. The molecule has 1 N–H and O–H groups in total. The zero-order chi connectivity index (χ0) is 23.8. The summed E-state index contributed by atoms with van der Waals surface area (Å²) in [7, 11) is 0. The molecule has 0 aliphatic rings. The second-order valence-corrected chi connectivity index (χ2v) is 8.01. The van der Waals surface area contributed by atoms with E-state index in [2.05, 4.69) is 5.32 Å². The maximum absolute atomic E-state index is 12.9. The highest BCUT2D eigenvalue weighted by atomic mass is 35.5. The molecule has 0 radical (unpaired) electrons. The van der Waals surface area contributed by atoms with Gasteiger partial charge in [0.25, 0.3) is 0 Å². The molecule has 168 valence electrons. The van der Waals surface area contributed by atoms with Gasteiger partial charge in [-0.05, 0) is 35.9 Å². The minimum Gasteiger partial charge on any atom is -0.422 e. The Labute approximate surface area is 195 Å². The van der Waals surface area contributed by atoms with Gasteiger partial charge in [0.2, 0.25) is 5.91 Å². The number of hydrogen-bond donors (Lipinski definition) is 1. The van der Waals surface area contributed by atoms with Crippen LogP contribution in [0.4, 0.5) is 18.9 Å². The van der Waals surface area contributed by atoms with Gasteiger partial charge in [0.15, 0.2) is 0 Å². The van der Waals surface area contributed by atoms with Gasteiger partial charge in [0.05, 0.1) is 28.3 Å². The summed E-state index contributed by atoms with van der Waals surface area (Å²) in [6, 6.07) is 16.4.